The van der Waals surface area contributed by atoms with Gasteiger partial charge in [0.15, 0.2) is 0 Å². The largest absolute Gasteiger partial charge is 0.370 e. The van der Waals surface area contributed by atoms with Crippen LogP contribution in [0.3, 0.4) is 0 Å². The maximum Gasteiger partial charge on any atom is 0.311 e. The van der Waals surface area contributed by atoms with Crippen molar-refractivity contribution < 1.29 is 4.92 Å². The van der Waals surface area contributed by atoms with Gasteiger partial charge in [0.05, 0.1) is 11.0 Å². The van der Waals surface area contributed by atoms with Crippen LogP contribution in [0.4, 0.5) is 17.3 Å². The van der Waals surface area contributed by atoms with Crippen molar-refractivity contribution in [2.24, 2.45) is 0 Å². The molecule has 6 nitrogen and oxygen atoms in total. The molecule has 0 amide bonds. The zero-order chi connectivity index (χ0) is 15.2. The highest BCUT2D eigenvalue weighted by molar-refractivity contribution is 7.10. The van der Waals surface area contributed by atoms with E-state index in [4.69, 9.17) is 0 Å². The third-order valence-corrected chi connectivity index (χ3v) is 4.02. The van der Waals surface area contributed by atoms with Crippen LogP contribution >= 0.6 is 11.3 Å². The molecule has 1 unspecified atom stereocenters. The van der Waals surface area contributed by atoms with Gasteiger partial charge in [-0.3, -0.25) is 10.1 Å². The van der Waals surface area contributed by atoms with E-state index in [1.165, 1.54) is 6.07 Å². The smallest absolute Gasteiger partial charge is 0.311 e. The van der Waals surface area contributed by atoms with Crippen molar-refractivity contribution in [3.8, 4) is 0 Å². The fourth-order valence-electron chi connectivity index (χ4n) is 2.01. The Labute approximate surface area is 127 Å². The average molecular weight is 306 g/mol. The van der Waals surface area contributed by atoms with E-state index >= 15 is 0 Å². The molecule has 2 rings (SSSR count). The zero-order valence-electron chi connectivity index (χ0n) is 12.0. The monoisotopic (exact) mass is 306 g/mol. The molecule has 7 heteroatoms. The lowest BCUT2D eigenvalue weighted by Gasteiger charge is -2.16. The molecule has 112 valence electrons. The molecule has 0 aliphatic carbocycles. The fraction of sp³-hybridized carbons (Fsp3) is 0.357. The summed E-state index contributed by atoms with van der Waals surface area (Å²) in [6.07, 6.45) is 0.824. The molecule has 0 aliphatic heterocycles. The quantitative estimate of drug-likeness (QED) is 0.596. The Bertz CT molecular complexity index is 601. The molecule has 0 bridgehead atoms. The van der Waals surface area contributed by atoms with Crippen LogP contribution in [0, 0.1) is 10.1 Å². The van der Waals surface area contributed by atoms with Crippen LogP contribution in [0.15, 0.2) is 29.6 Å². The van der Waals surface area contributed by atoms with Crippen molar-refractivity contribution in [2.75, 3.05) is 17.2 Å². The van der Waals surface area contributed by atoms with Crippen LogP contribution in [0.2, 0.25) is 0 Å². The van der Waals surface area contributed by atoms with Crippen molar-refractivity contribution in [3.63, 3.8) is 0 Å². The molecule has 0 saturated carbocycles. The second kappa shape index (κ2) is 7.03. The molecule has 2 heterocycles. The van der Waals surface area contributed by atoms with E-state index < -0.39 is 4.92 Å². The number of nitrogens with zero attached hydrogens (tertiary/aromatic N) is 2. The number of anilines is 2. The van der Waals surface area contributed by atoms with Gasteiger partial charge in [-0.2, -0.15) is 0 Å². The number of nitrogens with one attached hydrogen (secondary N) is 2. The first-order valence-corrected chi connectivity index (χ1v) is 7.72. The first-order valence-electron chi connectivity index (χ1n) is 6.85. The summed E-state index contributed by atoms with van der Waals surface area (Å²) in [5.74, 6) is 0.935. The van der Waals surface area contributed by atoms with Crippen molar-refractivity contribution in [3.05, 3.63) is 44.6 Å². The molecule has 21 heavy (non-hydrogen) atoms. The van der Waals surface area contributed by atoms with Gasteiger partial charge < -0.3 is 10.6 Å². The number of nitro groups is 1. The van der Waals surface area contributed by atoms with Gasteiger partial charge >= 0.3 is 5.69 Å². The highest BCUT2D eigenvalue weighted by Crippen LogP contribution is 2.30. The highest BCUT2D eigenvalue weighted by atomic mass is 32.1. The van der Waals surface area contributed by atoms with E-state index in [0.717, 1.165) is 11.3 Å². The number of pyridine rings is 1. The van der Waals surface area contributed by atoms with Gasteiger partial charge in [0, 0.05) is 17.5 Å². The van der Waals surface area contributed by atoms with E-state index in [2.05, 4.69) is 15.6 Å². The maximum absolute atomic E-state index is 11.2. The SMILES string of the molecule is CCNc1ccc([N+](=O)[O-])c(NC(CC)c2cccs2)n1. The minimum absolute atomic E-state index is 0.00772. The van der Waals surface area contributed by atoms with Gasteiger partial charge in [0.25, 0.3) is 0 Å². The van der Waals surface area contributed by atoms with Gasteiger partial charge in [-0.05, 0) is 30.9 Å². The summed E-state index contributed by atoms with van der Waals surface area (Å²) in [6, 6.07) is 7.12. The molecule has 0 aromatic carbocycles. The lowest BCUT2D eigenvalue weighted by Crippen LogP contribution is -2.12. The third-order valence-electron chi connectivity index (χ3n) is 3.03. The Balaban J connectivity index is 2.31. The molecule has 2 aromatic heterocycles. The van der Waals surface area contributed by atoms with Crippen LogP contribution in [0.1, 0.15) is 31.2 Å². The Hall–Kier alpha value is -2.15. The fourth-order valence-corrected chi connectivity index (χ4v) is 2.88. The summed E-state index contributed by atoms with van der Waals surface area (Å²) in [5.41, 5.74) is -0.00772. The molecule has 0 radical (unpaired) electrons. The summed E-state index contributed by atoms with van der Waals surface area (Å²) >= 11 is 1.63. The average Bonchev–Trinajstić information content (AvgIpc) is 2.99. The molecule has 0 aliphatic rings. The van der Waals surface area contributed by atoms with Gasteiger partial charge in [0.2, 0.25) is 5.82 Å². The molecule has 2 aromatic rings. The predicted octanol–water partition coefficient (Wildman–Crippen LogP) is 4.05. The molecule has 1 atom stereocenters. The van der Waals surface area contributed by atoms with Crippen LogP contribution < -0.4 is 10.6 Å². The van der Waals surface area contributed by atoms with Gasteiger partial charge in [0.1, 0.15) is 5.82 Å². The molecule has 0 saturated heterocycles. The second-order valence-electron chi connectivity index (χ2n) is 4.47. The van der Waals surface area contributed by atoms with Crippen molar-refractivity contribution in [1.82, 2.24) is 4.98 Å². The van der Waals surface area contributed by atoms with Crippen LogP contribution in [0.5, 0.6) is 0 Å². The Morgan fingerprint density at radius 2 is 2.19 bits per heavy atom. The topological polar surface area (TPSA) is 80.1 Å². The van der Waals surface area contributed by atoms with Gasteiger partial charge in [-0.15, -0.1) is 11.3 Å². The summed E-state index contributed by atoms with van der Waals surface area (Å²) in [6.45, 7) is 4.71. The van der Waals surface area contributed by atoms with E-state index in [9.17, 15) is 10.1 Å². The number of aromatic nitrogens is 1. The van der Waals surface area contributed by atoms with Crippen LogP contribution in [0.25, 0.3) is 0 Å². The Kier molecular flexibility index (Phi) is 5.10. The second-order valence-corrected chi connectivity index (χ2v) is 5.45. The van der Waals surface area contributed by atoms with Crippen LogP contribution in [-0.2, 0) is 0 Å². The van der Waals surface area contributed by atoms with Crippen molar-refractivity contribution in [1.29, 1.82) is 0 Å². The molecular formula is C14H18N4O2S. The van der Waals surface area contributed by atoms with E-state index in [1.807, 2.05) is 31.4 Å². The summed E-state index contributed by atoms with van der Waals surface area (Å²) in [5, 5.41) is 19.4. The minimum Gasteiger partial charge on any atom is -0.370 e. The van der Waals surface area contributed by atoms with Crippen molar-refractivity contribution in [2.45, 2.75) is 26.3 Å². The number of hydrogen-bond acceptors (Lipinski definition) is 6. The van der Waals surface area contributed by atoms with Gasteiger partial charge in [-0.25, -0.2) is 4.98 Å². The predicted molar refractivity (Wildman–Crippen MR) is 86.0 cm³/mol. The first kappa shape index (κ1) is 15.2. The Morgan fingerprint density at radius 3 is 2.76 bits per heavy atom. The standard InChI is InChI=1S/C14H18N4O2S/c1-3-10(12-6-5-9-21-12)16-14-11(18(19)20)7-8-13(17-14)15-4-2/h5-10H,3-4H2,1-2H3,(H2,15,16,17). The third kappa shape index (κ3) is 3.69. The Morgan fingerprint density at radius 1 is 1.38 bits per heavy atom. The lowest BCUT2D eigenvalue weighted by molar-refractivity contribution is -0.384. The maximum atomic E-state index is 11.2. The van der Waals surface area contributed by atoms with Crippen molar-refractivity contribution >= 4 is 28.7 Å². The molecular weight excluding hydrogens is 288 g/mol. The lowest BCUT2D eigenvalue weighted by atomic mass is 10.2. The normalized spacial score (nSPS) is 11.9. The molecule has 0 spiro atoms. The number of rotatable bonds is 7. The van der Waals surface area contributed by atoms with E-state index in [0.29, 0.717) is 18.2 Å². The zero-order valence-corrected chi connectivity index (χ0v) is 12.8. The first-order chi connectivity index (χ1) is 10.2. The van der Waals surface area contributed by atoms with Gasteiger partial charge in [-0.1, -0.05) is 13.0 Å². The highest BCUT2D eigenvalue weighted by Gasteiger charge is 2.20. The summed E-state index contributed by atoms with van der Waals surface area (Å²) < 4.78 is 0. The summed E-state index contributed by atoms with van der Waals surface area (Å²) in [4.78, 5) is 16.2. The minimum atomic E-state index is -0.411. The van der Waals surface area contributed by atoms with E-state index in [1.54, 1.807) is 17.4 Å². The number of thiophene rings is 1. The summed E-state index contributed by atoms with van der Waals surface area (Å²) in [7, 11) is 0. The van der Waals surface area contributed by atoms with E-state index in [-0.39, 0.29) is 11.7 Å². The number of hydrogen-bond donors (Lipinski definition) is 2. The molecule has 2 N–H and O–H groups in total. The van der Waals surface area contributed by atoms with Crippen LogP contribution in [-0.4, -0.2) is 16.5 Å². The molecule has 0 fully saturated rings.